The summed E-state index contributed by atoms with van der Waals surface area (Å²) in [6.45, 7) is 3.28. The summed E-state index contributed by atoms with van der Waals surface area (Å²) in [5.41, 5.74) is 2.26. The maximum Gasteiger partial charge on any atom is 0.312 e. The second-order valence-corrected chi connectivity index (χ2v) is 6.74. The topological polar surface area (TPSA) is 91.2 Å². The highest BCUT2D eigenvalue weighted by atomic mass is 19.1. The van der Waals surface area contributed by atoms with Crippen LogP contribution in [0.25, 0.3) is 22.8 Å². The summed E-state index contributed by atoms with van der Waals surface area (Å²) in [5, 5.41) is 3.84. The number of carbonyl (C=O) groups excluding carboxylic acids is 1. The van der Waals surface area contributed by atoms with Gasteiger partial charge in [-0.15, -0.1) is 0 Å². The van der Waals surface area contributed by atoms with Crippen LogP contribution in [0.15, 0.2) is 63.7 Å². The first-order chi connectivity index (χ1) is 14.5. The molecule has 8 heteroatoms. The number of hydrogen-bond acceptors (Lipinski definition) is 7. The Bertz CT molecular complexity index is 1170. The smallest absolute Gasteiger partial charge is 0.312 e. The highest BCUT2D eigenvalue weighted by Gasteiger charge is 2.21. The van der Waals surface area contributed by atoms with Crippen LogP contribution in [-0.4, -0.2) is 21.1 Å². The van der Waals surface area contributed by atoms with Gasteiger partial charge in [0.2, 0.25) is 11.7 Å². The van der Waals surface area contributed by atoms with Gasteiger partial charge in [-0.25, -0.2) is 9.37 Å². The first-order valence-corrected chi connectivity index (χ1v) is 9.29. The Hall–Kier alpha value is -3.81. The largest absolute Gasteiger partial charge is 0.452 e. The summed E-state index contributed by atoms with van der Waals surface area (Å²) in [6, 6.07) is 14.0. The molecule has 0 saturated carbocycles. The van der Waals surface area contributed by atoms with Crippen LogP contribution in [0.3, 0.4) is 0 Å². The van der Waals surface area contributed by atoms with Gasteiger partial charge in [0.1, 0.15) is 12.1 Å². The van der Waals surface area contributed by atoms with Crippen molar-refractivity contribution in [3.63, 3.8) is 0 Å². The molecular weight excluding hydrogens is 389 g/mol. The fourth-order valence-corrected chi connectivity index (χ4v) is 2.79. The van der Waals surface area contributed by atoms with Crippen molar-refractivity contribution in [1.29, 1.82) is 0 Å². The Morgan fingerprint density at radius 3 is 2.70 bits per heavy atom. The lowest BCUT2D eigenvalue weighted by Crippen LogP contribution is -2.12. The lowest BCUT2D eigenvalue weighted by atomic mass is 10.1. The van der Waals surface area contributed by atoms with Gasteiger partial charge in [0.25, 0.3) is 5.89 Å². The molecule has 0 radical (unpaired) electrons. The number of halogens is 1. The molecule has 30 heavy (non-hydrogen) atoms. The standard InChI is InChI=1S/C22H18FN3O4/c1-13-8-9-16(10-18(13)23)20-25-21(30-26-20)14(2)29-19(27)11-17-12-28-22(24-17)15-6-4-3-5-7-15/h3-10,12,14H,11H2,1-2H3. The van der Waals surface area contributed by atoms with E-state index in [0.717, 1.165) is 5.56 Å². The number of nitrogens with zero attached hydrogens (tertiary/aromatic N) is 3. The number of aromatic nitrogens is 3. The van der Waals surface area contributed by atoms with E-state index < -0.39 is 12.1 Å². The van der Waals surface area contributed by atoms with Crippen molar-refractivity contribution in [3.05, 3.63) is 77.8 Å². The number of oxazole rings is 1. The molecule has 0 N–H and O–H groups in total. The van der Waals surface area contributed by atoms with Crippen LogP contribution in [-0.2, 0) is 16.0 Å². The molecule has 4 aromatic rings. The van der Waals surface area contributed by atoms with Crippen LogP contribution in [0.2, 0.25) is 0 Å². The molecule has 0 bridgehead atoms. The first-order valence-electron chi connectivity index (χ1n) is 9.29. The van der Waals surface area contributed by atoms with Crippen molar-refractivity contribution in [1.82, 2.24) is 15.1 Å². The minimum Gasteiger partial charge on any atom is -0.452 e. The minimum absolute atomic E-state index is 0.0646. The number of esters is 1. The van der Waals surface area contributed by atoms with Crippen molar-refractivity contribution < 1.29 is 22.9 Å². The van der Waals surface area contributed by atoms with Gasteiger partial charge >= 0.3 is 5.97 Å². The molecule has 7 nitrogen and oxygen atoms in total. The predicted octanol–water partition coefficient (Wildman–Crippen LogP) is 4.69. The Kier molecular flexibility index (Phi) is 5.38. The average molecular weight is 407 g/mol. The Morgan fingerprint density at radius 1 is 1.13 bits per heavy atom. The fraction of sp³-hybridized carbons (Fsp3) is 0.182. The molecule has 0 aliphatic carbocycles. The summed E-state index contributed by atoms with van der Waals surface area (Å²) < 4.78 is 29.7. The Labute approximate surface area is 171 Å². The van der Waals surface area contributed by atoms with E-state index in [0.29, 0.717) is 22.7 Å². The zero-order valence-corrected chi connectivity index (χ0v) is 16.3. The first kappa shape index (κ1) is 19.5. The number of aryl methyl sites for hydroxylation is 1. The Balaban J connectivity index is 1.39. The number of ether oxygens (including phenoxy) is 1. The van der Waals surface area contributed by atoms with Crippen molar-refractivity contribution in [3.8, 4) is 22.8 Å². The molecule has 0 spiro atoms. The minimum atomic E-state index is -0.769. The molecule has 0 fully saturated rings. The van der Waals surface area contributed by atoms with Gasteiger partial charge in [-0.05, 0) is 37.6 Å². The molecule has 2 heterocycles. The lowest BCUT2D eigenvalue weighted by Gasteiger charge is -2.07. The molecular formula is C22H18FN3O4. The molecule has 0 amide bonds. The van der Waals surface area contributed by atoms with Gasteiger partial charge in [0, 0.05) is 11.1 Å². The van der Waals surface area contributed by atoms with Gasteiger partial charge in [-0.1, -0.05) is 35.5 Å². The maximum atomic E-state index is 13.8. The molecule has 152 valence electrons. The van der Waals surface area contributed by atoms with Crippen LogP contribution in [0.1, 0.15) is 30.2 Å². The lowest BCUT2D eigenvalue weighted by molar-refractivity contribution is -0.149. The summed E-state index contributed by atoms with van der Waals surface area (Å²) >= 11 is 0. The predicted molar refractivity (Wildman–Crippen MR) is 105 cm³/mol. The molecule has 4 rings (SSSR count). The summed E-state index contributed by atoms with van der Waals surface area (Å²) in [5.74, 6) is -0.115. The highest BCUT2D eigenvalue weighted by molar-refractivity contribution is 5.72. The molecule has 1 atom stereocenters. The van der Waals surface area contributed by atoms with E-state index >= 15 is 0 Å². The Morgan fingerprint density at radius 2 is 1.93 bits per heavy atom. The number of benzene rings is 2. The second kappa shape index (κ2) is 8.28. The number of rotatable bonds is 6. The quantitative estimate of drug-likeness (QED) is 0.428. The molecule has 2 aromatic heterocycles. The van der Waals surface area contributed by atoms with E-state index in [1.165, 1.54) is 12.3 Å². The molecule has 0 saturated heterocycles. The normalized spacial score (nSPS) is 12.0. The molecule has 2 aromatic carbocycles. The molecule has 0 aliphatic rings. The van der Waals surface area contributed by atoms with Crippen LogP contribution in [0.5, 0.6) is 0 Å². The summed E-state index contributed by atoms with van der Waals surface area (Å²) in [7, 11) is 0. The zero-order valence-electron chi connectivity index (χ0n) is 16.3. The third-order valence-electron chi connectivity index (χ3n) is 4.43. The van der Waals surface area contributed by atoms with E-state index in [1.54, 1.807) is 26.0 Å². The van der Waals surface area contributed by atoms with Crippen LogP contribution in [0.4, 0.5) is 4.39 Å². The van der Waals surface area contributed by atoms with Gasteiger partial charge in [-0.3, -0.25) is 4.79 Å². The SMILES string of the molecule is Cc1ccc(-c2noc(C(C)OC(=O)Cc3coc(-c4ccccc4)n3)n2)cc1F. The van der Waals surface area contributed by atoms with Gasteiger partial charge in [0.15, 0.2) is 6.10 Å². The van der Waals surface area contributed by atoms with E-state index in [2.05, 4.69) is 15.1 Å². The van der Waals surface area contributed by atoms with Crippen LogP contribution in [0, 0.1) is 12.7 Å². The maximum absolute atomic E-state index is 13.8. The van der Waals surface area contributed by atoms with Crippen molar-refractivity contribution in [2.24, 2.45) is 0 Å². The number of carbonyl (C=O) groups is 1. The van der Waals surface area contributed by atoms with Gasteiger partial charge < -0.3 is 13.7 Å². The van der Waals surface area contributed by atoms with Crippen molar-refractivity contribution in [2.75, 3.05) is 0 Å². The second-order valence-electron chi connectivity index (χ2n) is 6.74. The zero-order chi connectivity index (χ0) is 21.1. The van der Waals surface area contributed by atoms with E-state index in [4.69, 9.17) is 13.7 Å². The summed E-state index contributed by atoms with van der Waals surface area (Å²) in [6.07, 6.45) is 0.588. The van der Waals surface area contributed by atoms with Gasteiger partial charge in [0.05, 0.1) is 12.1 Å². The van der Waals surface area contributed by atoms with Crippen molar-refractivity contribution >= 4 is 5.97 Å². The third-order valence-corrected chi connectivity index (χ3v) is 4.43. The number of hydrogen-bond donors (Lipinski definition) is 0. The van der Waals surface area contributed by atoms with E-state index in [1.807, 2.05) is 30.3 Å². The fourth-order valence-electron chi connectivity index (χ4n) is 2.79. The molecule has 0 aliphatic heterocycles. The highest BCUT2D eigenvalue weighted by Crippen LogP contribution is 2.23. The van der Waals surface area contributed by atoms with E-state index in [9.17, 15) is 9.18 Å². The van der Waals surface area contributed by atoms with Crippen LogP contribution >= 0.6 is 0 Å². The average Bonchev–Trinajstić information content (AvgIpc) is 3.41. The molecule has 1 unspecified atom stereocenters. The third kappa shape index (κ3) is 4.27. The van der Waals surface area contributed by atoms with Crippen LogP contribution < -0.4 is 0 Å². The summed E-state index contributed by atoms with van der Waals surface area (Å²) in [4.78, 5) is 20.8. The monoisotopic (exact) mass is 407 g/mol. The van der Waals surface area contributed by atoms with E-state index in [-0.39, 0.29) is 24.0 Å². The van der Waals surface area contributed by atoms with Gasteiger partial charge in [-0.2, -0.15) is 4.98 Å². The van der Waals surface area contributed by atoms with Crippen molar-refractivity contribution in [2.45, 2.75) is 26.4 Å².